The van der Waals surface area contributed by atoms with Crippen molar-refractivity contribution in [1.82, 2.24) is 0 Å². The number of aryl methyl sites for hydroxylation is 2. The molecule has 1 aliphatic carbocycles. The van der Waals surface area contributed by atoms with Crippen molar-refractivity contribution in [1.29, 1.82) is 0 Å². The van der Waals surface area contributed by atoms with Crippen LogP contribution in [0.2, 0.25) is 0 Å². The monoisotopic (exact) mass is 353 g/mol. The van der Waals surface area contributed by atoms with Crippen LogP contribution in [0, 0.1) is 0 Å². The number of ether oxygens (including phenoxy) is 1. The number of benzene rings is 2. The van der Waals surface area contributed by atoms with E-state index in [1.165, 1.54) is 0 Å². The van der Waals surface area contributed by atoms with Crippen LogP contribution in [-0.4, -0.2) is 17.6 Å². The van der Waals surface area contributed by atoms with Crippen molar-refractivity contribution in [3.05, 3.63) is 58.7 Å². The maximum absolute atomic E-state index is 12.5. The topological polar surface area (TPSA) is 58.6 Å². The van der Waals surface area contributed by atoms with Crippen LogP contribution in [0.1, 0.15) is 55.0 Å². The molecule has 0 aliphatic heterocycles. The predicted molar refractivity (Wildman–Crippen MR) is 104 cm³/mol. The second-order valence-electron chi connectivity index (χ2n) is 6.73. The van der Waals surface area contributed by atoms with Gasteiger partial charge < -0.3 is 15.2 Å². The molecular formula is C22H27NO3. The molecule has 4 heteroatoms. The summed E-state index contributed by atoms with van der Waals surface area (Å²) in [5.74, 6) is 0.547. The Kier molecular flexibility index (Phi) is 5.94. The van der Waals surface area contributed by atoms with Crippen molar-refractivity contribution in [3.63, 3.8) is 0 Å². The summed E-state index contributed by atoms with van der Waals surface area (Å²) in [5.41, 5.74) is 5.15. The highest BCUT2D eigenvalue weighted by molar-refractivity contribution is 5.93. The second-order valence-corrected chi connectivity index (χ2v) is 6.73. The Morgan fingerprint density at radius 1 is 1.15 bits per heavy atom. The minimum absolute atomic E-state index is 0.0340. The molecular weight excluding hydrogens is 326 g/mol. The molecule has 138 valence electrons. The van der Waals surface area contributed by atoms with E-state index in [4.69, 9.17) is 4.74 Å². The van der Waals surface area contributed by atoms with Crippen LogP contribution in [0.5, 0.6) is 5.75 Å². The highest BCUT2D eigenvalue weighted by Crippen LogP contribution is 2.35. The number of para-hydroxylation sites is 1. The van der Waals surface area contributed by atoms with Crippen LogP contribution in [0.15, 0.2) is 36.4 Å². The molecule has 1 aliphatic rings. The number of anilines is 1. The normalized spacial score (nSPS) is 16.0. The fraction of sp³-hybridized carbons (Fsp3) is 0.409. The Balaban J connectivity index is 1.70. The van der Waals surface area contributed by atoms with Crippen LogP contribution in [-0.2, 0) is 24.1 Å². The van der Waals surface area contributed by atoms with Gasteiger partial charge in [0.2, 0.25) is 0 Å². The van der Waals surface area contributed by atoms with Crippen molar-refractivity contribution in [3.8, 4) is 5.75 Å². The number of fused-ring (bicyclic) bond motifs is 1. The minimum atomic E-state index is -0.431. The van der Waals surface area contributed by atoms with Crippen LogP contribution < -0.4 is 10.1 Å². The van der Waals surface area contributed by atoms with Gasteiger partial charge >= 0.3 is 0 Å². The van der Waals surface area contributed by atoms with Gasteiger partial charge in [-0.3, -0.25) is 4.79 Å². The molecule has 0 unspecified atom stereocenters. The van der Waals surface area contributed by atoms with Gasteiger partial charge in [0.15, 0.2) is 6.61 Å². The number of amides is 1. The summed E-state index contributed by atoms with van der Waals surface area (Å²) in [7, 11) is 0. The zero-order valence-corrected chi connectivity index (χ0v) is 15.5. The first-order valence-electron chi connectivity index (χ1n) is 9.47. The molecule has 0 bridgehead atoms. The molecule has 2 aromatic carbocycles. The van der Waals surface area contributed by atoms with Gasteiger partial charge in [0.1, 0.15) is 5.75 Å². The summed E-state index contributed by atoms with van der Waals surface area (Å²) in [6.45, 7) is 4.14. The third-order valence-corrected chi connectivity index (χ3v) is 5.05. The van der Waals surface area contributed by atoms with E-state index in [1.807, 2.05) is 36.4 Å². The van der Waals surface area contributed by atoms with E-state index in [-0.39, 0.29) is 12.5 Å². The molecule has 2 N–H and O–H groups in total. The summed E-state index contributed by atoms with van der Waals surface area (Å²) < 4.78 is 5.81. The van der Waals surface area contributed by atoms with Gasteiger partial charge in [-0.05, 0) is 60.4 Å². The van der Waals surface area contributed by atoms with E-state index in [0.717, 1.165) is 60.0 Å². The van der Waals surface area contributed by atoms with E-state index in [0.29, 0.717) is 5.75 Å². The van der Waals surface area contributed by atoms with E-state index in [9.17, 15) is 9.90 Å². The molecule has 1 atom stereocenters. The smallest absolute Gasteiger partial charge is 0.262 e. The number of aliphatic hydroxyl groups is 1. The number of carbonyl (C=O) groups is 1. The van der Waals surface area contributed by atoms with Gasteiger partial charge in [0.25, 0.3) is 5.91 Å². The third kappa shape index (κ3) is 3.91. The number of hydrogen-bond donors (Lipinski definition) is 2. The molecule has 0 heterocycles. The maximum Gasteiger partial charge on any atom is 0.262 e. The average Bonchev–Trinajstić information content (AvgIpc) is 2.67. The van der Waals surface area contributed by atoms with E-state index in [2.05, 4.69) is 19.2 Å². The molecule has 0 radical (unpaired) electrons. The highest BCUT2D eigenvalue weighted by Gasteiger charge is 2.21. The van der Waals surface area contributed by atoms with Gasteiger partial charge in [-0.25, -0.2) is 0 Å². The minimum Gasteiger partial charge on any atom is -0.483 e. The molecule has 0 saturated heterocycles. The quantitative estimate of drug-likeness (QED) is 0.818. The third-order valence-electron chi connectivity index (χ3n) is 5.05. The molecule has 2 aromatic rings. The Bertz CT molecular complexity index is 763. The lowest BCUT2D eigenvalue weighted by molar-refractivity contribution is -0.118. The highest BCUT2D eigenvalue weighted by atomic mass is 16.5. The second kappa shape index (κ2) is 8.37. The summed E-state index contributed by atoms with van der Waals surface area (Å²) in [5, 5.41) is 13.2. The molecule has 3 rings (SSSR count). The standard InChI is InChI=1S/C22H27NO3/c1-3-15-8-5-9-16(4-2)22(15)23-21(25)14-26-20-13-7-10-17-18(20)11-6-12-19(17)24/h5,7-10,13,19,24H,3-4,6,11-12,14H2,1-2H3,(H,23,25)/t19-/m0/s1. The number of hydrogen-bond acceptors (Lipinski definition) is 3. The van der Waals surface area contributed by atoms with Crippen molar-refractivity contribution >= 4 is 11.6 Å². The van der Waals surface area contributed by atoms with Crippen LogP contribution in [0.3, 0.4) is 0 Å². The molecule has 0 saturated carbocycles. The molecule has 26 heavy (non-hydrogen) atoms. The Hall–Kier alpha value is -2.33. The van der Waals surface area contributed by atoms with Gasteiger partial charge in [0.05, 0.1) is 6.10 Å². The summed E-state index contributed by atoms with van der Waals surface area (Å²) >= 11 is 0. The number of carbonyl (C=O) groups excluding carboxylic acids is 1. The molecule has 0 aromatic heterocycles. The summed E-state index contributed by atoms with van der Waals surface area (Å²) in [6.07, 6.45) is 3.90. The first kappa shape index (κ1) is 18.5. The van der Waals surface area contributed by atoms with Crippen molar-refractivity contribution in [2.75, 3.05) is 11.9 Å². The Morgan fingerprint density at radius 2 is 1.85 bits per heavy atom. The zero-order valence-electron chi connectivity index (χ0n) is 15.5. The number of aliphatic hydroxyl groups excluding tert-OH is 1. The van der Waals surface area contributed by atoms with E-state index < -0.39 is 6.10 Å². The molecule has 4 nitrogen and oxygen atoms in total. The SMILES string of the molecule is CCc1cccc(CC)c1NC(=O)COc1cccc2c1CCC[C@@H]2O. The number of nitrogens with one attached hydrogen (secondary N) is 1. The van der Waals surface area contributed by atoms with Crippen LogP contribution in [0.25, 0.3) is 0 Å². The fourth-order valence-corrected chi connectivity index (χ4v) is 3.65. The first-order chi connectivity index (χ1) is 12.6. The molecule has 0 fully saturated rings. The Labute approximate surface area is 155 Å². The van der Waals surface area contributed by atoms with E-state index in [1.54, 1.807) is 0 Å². The van der Waals surface area contributed by atoms with Gasteiger partial charge in [-0.15, -0.1) is 0 Å². The summed E-state index contributed by atoms with van der Waals surface area (Å²) in [6, 6.07) is 11.8. The summed E-state index contributed by atoms with van der Waals surface area (Å²) in [4.78, 5) is 12.5. The van der Waals surface area contributed by atoms with Crippen molar-refractivity contribution in [2.45, 2.75) is 52.1 Å². The maximum atomic E-state index is 12.5. The number of rotatable bonds is 6. The largest absolute Gasteiger partial charge is 0.483 e. The van der Waals surface area contributed by atoms with Gasteiger partial charge in [-0.1, -0.05) is 44.2 Å². The van der Waals surface area contributed by atoms with Gasteiger partial charge in [0, 0.05) is 5.69 Å². The predicted octanol–water partition coefficient (Wildman–Crippen LogP) is 4.20. The lowest BCUT2D eigenvalue weighted by Gasteiger charge is -2.23. The van der Waals surface area contributed by atoms with Crippen molar-refractivity contribution in [2.24, 2.45) is 0 Å². The zero-order chi connectivity index (χ0) is 18.5. The Morgan fingerprint density at radius 3 is 2.54 bits per heavy atom. The molecule has 0 spiro atoms. The average molecular weight is 353 g/mol. The lowest BCUT2D eigenvalue weighted by atomic mass is 9.89. The lowest BCUT2D eigenvalue weighted by Crippen LogP contribution is -2.22. The van der Waals surface area contributed by atoms with Crippen LogP contribution >= 0.6 is 0 Å². The van der Waals surface area contributed by atoms with Crippen molar-refractivity contribution < 1.29 is 14.6 Å². The van der Waals surface area contributed by atoms with E-state index >= 15 is 0 Å². The van der Waals surface area contributed by atoms with Gasteiger partial charge in [-0.2, -0.15) is 0 Å². The fourth-order valence-electron chi connectivity index (χ4n) is 3.65. The first-order valence-corrected chi connectivity index (χ1v) is 9.47. The molecule has 1 amide bonds. The van der Waals surface area contributed by atoms with Crippen LogP contribution in [0.4, 0.5) is 5.69 Å².